The molecule has 1 aliphatic carbocycles. The second-order valence-electron chi connectivity index (χ2n) is 4.92. The van der Waals surface area contributed by atoms with Crippen molar-refractivity contribution in [3.05, 3.63) is 0 Å². The van der Waals surface area contributed by atoms with E-state index in [4.69, 9.17) is 5.73 Å². The molecule has 1 saturated carbocycles. The van der Waals surface area contributed by atoms with E-state index in [0.717, 1.165) is 32.4 Å². The SMILES string of the molecule is CCN(CC)c1nc(N)nc(NCC2(O)CCC2)n1. The average molecular weight is 266 g/mol. The fourth-order valence-corrected chi connectivity index (χ4v) is 2.11. The molecule has 0 atom stereocenters. The van der Waals surface area contributed by atoms with Gasteiger partial charge in [0, 0.05) is 19.6 Å². The van der Waals surface area contributed by atoms with Crippen LogP contribution in [0.15, 0.2) is 0 Å². The van der Waals surface area contributed by atoms with Crippen LogP contribution in [0.5, 0.6) is 0 Å². The molecule has 0 bridgehead atoms. The van der Waals surface area contributed by atoms with Crippen molar-refractivity contribution in [2.24, 2.45) is 0 Å². The van der Waals surface area contributed by atoms with Gasteiger partial charge in [0.25, 0.3) is 0 Å². The topological polar surface area (TPSA) is 100 Å². The van der Waals surface area contributed by atoms with E-state index in [1.54, 1.807) is 0 Å². The summed E-state index contributed by atoms with van der Waals surface area (Å²) in [4.78, 5) is 14.5. The van der Waals surface area contributed by atoms with Gasteiger partial charge in [0.1, 0.15) is 0 Å². The Labute approximate surface area is 113 Å². The zero-order valence-corrected chi connectivity index (χ0v) is 11.6. The Morgan fingerprint density at radius 1 is 1.26 bits per heavy atom. The maximum Gasteiger partial charge on any atom is 0.231 e. The number of aliphatic hydroxyl groups is 1. The van der Waals surface area contributed by atoms with Crippen molar-refractivity contribution in [1.29, 1.82) is 0 Å². The fourth-order valence-electron chi connectivity index (χ4n) is 2.11. The van der Waals surface area contributed by atoms with E-state index in [9.17, 15) is 5.11 Å². The van der Waals surface area contributed by atoms with Gasteiger partial charge in [-0.1, -0.05) is 0 Å². The molecule has 7 nitrogen and oxygen atoms in total. The monoisotopic (exact) mass is 266 g/mol. The van der Waals surface area contributed by atoms with Gasteiger partial charge >= 0.3 is 0 Å². The predicted octanol–water partition coefficient (Wildman–Crippen LogP) is 0.627. The molecule has 0 aliphatic heterocycles. The summed E-state index contributed by atoms with van der Waals surface area (Å²) in [6.45, 7) is 6.14. The second-order valence-corrected chi connectivity index (χ2v) is 4.92. The number of hydrogen-bond acceptors (Lipinski definition) is 7. The average Bonchev–Trinajstić information content (AvgIpc) is 2.35. The molecule has 0 amide bonds. The third-order valence-corrected chi connectivity index (χ3v) is 3.55. The Bertz CT molecular complexity index is 430. The maximum absolute atomic E-state index is 10.0. The molecule has 0 spiro atoms. The second kappa shape index (κ2) is 5.56. The highest BCUT2D eigenvalue weighted by atomic mass is 16.3. The molecule has 0 aromatic carbocycles. The van der Waals surface area contributed by atoms with Gasteiger partial charge in [0.15, 0.2) is 0 Å². The molecule has 0 unspecified atom stereocenters. The minimum atomic E-state index is -0.614. The molecule has 4 N–H and O–H groups in total. The minimum absolute atomic E-state index is 0.194. The van der Waals surface area contributed by atoms with Crippen LogP contribution in [0.1, 0.15) is 33.1 Å². The van der Waals surface area contributed by atoms with Crippen molar-refractivity contribution in [3.63, 3.8) is 0 Å². The van der Waals surface area contributed by atoms with Gasteiger partial charge < -0.3 is 21.1 Å². The smallest absolute Gasteiger partial charge is 0.231 e. The van der Waals surface area contributed by atoms with Crippen LogP contribution >= 0.6 is 0 Å². The van der Waals surface area contributed by atoms with Crippen LogP contribution in [0.2, 0.25) is 0 Å². The van der Waals surface area contributed by atoms with E-state index < -0.39 is 5.60 Å². The van der Waals surface area contributed by atoms with E-state index in [0.29, 0.717) is 18.4 Å². The zero-order valence-electron chi connectivity index (χ0n) is 11.6. The Morgan fingerprint density at radius 2 is 1.95 bits per heavy atom. The van der Waals surface area contributed by atoms with E-state index >= 15 is 0 Å². The quantitative estimate of drug-likeness (QED) is 0.694. The van der Waals surface area contributed by atoms with Gasteiger partial charge in [-0.15, -0.1) is 0 Å². The van der Waals surface area contributed by atoms with Crippen LogP contribution in [0, 0.1) is 0 Å². The summed E-state index contributed by atoms with van der Waals surface area (Å²) >= 11 is 0. The van der Waals surface area contributed by atoms with Crippen molar-refractivity contribution in [1.82, 2.24) is 15.0 Å². The molecular formula is C12H22N6O. The lowest BCUT2D eigenvalue weighted by atomic mass is 9.80. The van der Waals surface area contributed by atoms with Gasteiger partial charge in [0.05, 0.1) is 5.60 Å². The van der Waals surface area contributed by atoms with Crippen molar-refractivity contribution < 1.29 is 5.11 Å². The zero-order chi connectivity index (χ0) is 13.9. The molecular weight excluding hydrogens is 244 g/mol. The molecule has 7 heteroatoms. The maximum atomic E-state index is 10.0. The normalized spacial score (nSPS) is 16.8. The van der Waals surface area contributed by atoms with E-state index in [2.05, 4.69) is 20.3 Å². The van der Waals surface area contributed by atoms with E-state index in [-0.39, 0.29) is 5.95 Å². The van der Waals surface area contributed by atoms with Gasteiger partial charge in [-0.05, 0) is 33.1 Å². The molecule has 2 rings (SSSR count). The van der Waals surface area contributed by atoms with Gasteiger partial charge in [-0.2, -0.15) is 15.0 Å². The summed E-state index contributed by atoms with van der Waals surface area (Å²) < 4.78 is 0. The largest absolute Gasteiger partial charge is 0.388 e. The van der Waals surface area contributed by atoms with Crippen molar-refractivity contribution in [2.45, 2.75) is 38.7 Å². The van der Waals surface area contributed by atoms with E-state index in [1.165, 1.54) is 0 Å². The Balaban J connectivity index is 2.07. The molecule has 1 aromatic rings. The number of aromatic nitrogens is 3. The van der Waals surface area contributed by atoms with Crippen LogP contribution in [-0.4, -0.2) is 45.3 Å². The van der Waals surface area contributed by atoms with Crippen LogP contribution in [0.4, 0.5) is 17.8 Å². The summed E-state index contributed by atoms with van der Waals surface area (Å²) in [6.07, 6.45) is 2.72. The summed E-state index contributed by atoms with van der Waals surface area (Å²) in [5.74, 6) is 1.19. The lowest BCUT2D eigenvalue weighted by molar-refractivity contribution is -0.0203. The predicted molar refractivity (Wildman–Crippen MR) is 75.1 cm³/mol. The summed E-state index contributed by atoms with van der Waals surface area (Å²) in [6, 6.07) is 0. The number of nitrogen functional groups attached to an aromatic ring is 1. The highest BCUT2D eigenvalue weighted by molar-refractivity contribution is 5.41. The highest BCUT2D eigenvalue weighted by Gasteiger charge is 2.34. The van der Waals surface area contributed by atoms with Crippen LogP contribution < -0.4 is 16.0 Å². The number of nitrogens with one attached hydrogen (secondary N) is 1. The number of anilines is 3. The fraction of sp³-hybridized carbons (Fsp3) is 0.750. The first-order chi connectivity index (χ1) is 9.06. The minimum Gasteiger partial charge on any atom is -0.388 e. The van der Waals surface area contributed by atoms with Crippen LogP contribution in [0.25, 0.3) is 0 Å². The number of nitrogens with zero attached hydrogens (tertiary/aromatic N) is 4. The van der Waals surface area contributed by atoms with Crippen LogP contribution in [0.3, 0.4) is 0 Å². The highest BCUT2D eigenvalue weighted by Crippen LogP contribution is 2.31. The summed E-state index contributed by atoms with van der Waals surface area (Å²) in [7, 11) is 0. The van der Waals surface area contributed by atoms with Crippen molar-refractivity contribution >= 4 is 17.8 Å². The number of rotatable bonds is 6. The van der Waals surface area contributed by atoms with Crippen molar-refractivity contribution in [3.8, 4) is 0 Å². The lowest BCUT2D eigenvalue weighted by Gasteiger charge is -2.36. The third kappa shape index (κ3) is 3.23. The molecule has 19 heavy (non-hydrogen) atoms. The van der Waals surface area contributed by atoms with Crippen molar-refractivity contribution in [2.75, 3.05) is 35.6 Å². The Morgan fingerprint density at radius 3 is 2.47 bits per heavy atom. The molecule has 106 valence electrons. The Hall–Kier alpha value is -1.63. The Kier molecular flexibility index (Phi) is 4.04. The molecule has 1 aromatic heterocycles. The van der Waals surface area contributed by atoms with Gasteiger partial charge in [0.2, 0.25) is 17.8 Å². The first-order valence-electron chi connectivity index (χ1n) is 6.79. The molecule has 1 heterocycles. The molecule has 1 aliphatic rings. The lowest BCUT2D eigenvalue weighted by Crippen LogP contribution is -2.43. The summed E-state index contributed by atoms with van der Waals surface area (Å²) in [5.41, 5.74) is 5.09. The number of hydrogen-bond donors (Lipinski definition) is 3. The first kappa shape index (κ1) is 13.8. The first-order valence-corrected chi connectivity index (χ1v) is 6.79. The van der Waals surface area contributed by atoms with Crippen LogP contribution in [-0.2, 0) is 0 Å². The third-order valence-electron chi connectivity index (χ3n) is 3.55. The van der Waals surface area contributed by atoms with E-state index in [1.807, 2.05) is 18.7 Å². The molecule has 0 radical (unpaired) electrons. The molecule has 1 fully saturated rings. The summed E-state index contributed by atoms with van der Waals surface area (Å²) in [5, 5.41) is 13.1. The standard InChI is InChI=1S/C12H22N6O/c1-3-18(4-2)11-16-9(13)15-10(17-11)14-8-12(19)6-5-7-12/h19H,3-8H2,1-2H3,(H3,13,14,15,16,17). The van der Waals surface area contributed by atoms with Gasteiger partial charge in [-0.25, -0.2) is 0 Å². The van der Waals surface area contributed by atoms with Gasteiger partial charge in [-0.3, -0.25) is 0 Å². The molecule has 0 saturated heterocycles. The number of nitrogens with two attached hydrogens (primary N) is 1.